The Morgan fingerprint density at radius 2 is 2.00 bits per heavy atom. The average molecular weight is 214 g/mol. The largest absolute Gasteiger partial charge is 0.379 e. The Morgan fingerprint density at radius 1 is 1.43 bits per heavy atom. The highest BCUT2D eigenvalue weighted by atomic mass is 32.2. The lowest BCUT2D eigenvalue weighted by Gasteiger charge is -2.35. The van der Waals surface area contributed by atoms with Crippen molar-refractivity contribution in [3.63, 3.8) is 0 Å². The Labute approximate surface area is 86.5 Å². The summed E-state index contributed by atoms with van der Waals surface area (Å²) in [5.41, 5.74) is -0.539. The van der Waals surface area contributed by atoms with Gasteiger partial charge in [0.25, 0.3) is 0 Å². The highest BCUT2D eigenvalue weighted by Gasteiger charge is 2.67. The van der Waals surface area contributed by atoms with Gasteiger partial charge in [0.2, 0.25) is 0 Å². The van der Waals surface area contributed by atoms with Crippen molar-refractivity contribution in [2.45, 2.75) is 49.3 Å². The monoisotopic (exact) mass is 214 g/mol. The molecule has 2 rings (SSSR count). The van der Waals surface area contributed by atoms with Crippen molar-refractivity contribution >= 4 is 17.7 Å². The molecule has 0 N–H and O–H groups in total. The second-order valence-electron chi connectivity index (χ2n) is 4.38. The molecular weight excluding hydrogens is 199 g/mol. The molecule has 5 atom stereocenters. The number of hydrogen-bond acceptors (Lipinski definition) is 3. The quantitative estimate of drug-likeness (QED) is 0.596. The van der Waals surface area contributed by atoms with Crippen LogP contribution in [0.3, 0.4) is 0 Å². The summed E-state index contributed by atoms with van der Waals surface area (Å²) in [6.07, 6.45) is 0.707. The van der Waals surface area contributed by atoms with Crippen molar-refractivity contribution in [1.82, 2.24) is 0 Å². The molecule has 14 heavy (non-hydrogen) atoms. The normalized spacial score (nSPS) is 55.1. The van der Waals surface area contributed by atoms with E-state index in [9.17, 15) is 8.42 Å². The van der Waals surface area contributed by atoms with Crippen molar-refractivity contribution in [2.75, 3.05) is 0 Å². The third kappa shape index (κ3) is 0.903. The van der Waals surface area contributed by atoms with Gasteiger partial charge in [-0.15, -0.1) is 0 Å². The van der Waals surface area contributed by atoms with Crippen LogP contribution in [-0.2, 0) is 14.6 Å². The topological polar surface area (TPSA) is 43.4 Å². The molecule has 0 aliphatic carbocycles. The van der Waals surface area contributed by atoms with Gasteiger partial charge in [0.1, 0.15) is 7.85 Å². The van der Waals surface area contributed by atoms with Crippen molar-refractivity contribution in [1.29, 1.82) is 0 Å². The lowest BCUT2D eigenvalue weighted by Crippen LogP contribution is -2.47. The first-order chi connectivity index (χ1) is 6.38. The predicted molar refractivity (Wildman–Crippen MR) is 55.0 cm³/mol. The van der Waals surface area contributed by atoms with E-state index in [1.54, 1.807) is 6.92 Å². The van der Waals surface area contributed by atoms with Gasteiger partial charge >= 0.3 is 0 Å². The van der Waals surface area contributed by atoms with E-state index in [1.165, 1.54) is 0 Å². The molecule has 2 radical (unpaired) electrons. The van der Waals surface area contributed by atoms with E-state index in [4.69, 9.17) is 12.6 Å². The molecule has 0 saturated carbocycles. The van der Waals surface area contributed by atoms with E-state index in [2.05, 4.69) is 0 Å². The summed E-state index contributed by atoms with van der Waals surface area (Å²) in [5, 5.41) is -0.919. The molecule has 0 aromatic rings. The lowest BCUT2D eigenvalue weighted by atomic mass is 9.82. The smallest absolute Gasteiger partial charge is 0.160 e. The van der Waals surface area contributed by atoms with Crippen LogP contribution < -0.4 is 0 Å². The molecule has 2 saturated heterocycles. The summed E-state index contributed by atoms with van der Waals surface area (Å²) in [7, 11) is 2.62. The molecule has 2 aliphatic rings. The van der Waals surface area contributed by atoms with Gasteiger partial charge in [0.05, 0.1) is 16.1 Å². The summed E-state index contributed by atoms with van der Waals surface area (Å²) < 4.78 is 29.6. The van der Waals surface area contributed by atoms with Crippen LogP contribution in [0.15, 0.2) is 0 Å². The molecule has 2 heterocycles. The summed E-state index contributed by atoms with van der Waals surface area (Å²) >= 11 is 0. The van der Waals surface area contributed by atoms with E-state index >= 15 is 0 Å². The Kier molecular flexibility index (Phi) is 2.07. The van der Waals surface area contributed by atoms with Gasteiger partial charge in [-0.05, 0) is 13.3 Å². The molecule has 2 fully saturated rings. The minimum Gasteiger partial charge on any atom is -0.379 e. The number of hydrogen-bond donors (Lipinski definition) is 0. The van der Waals surface area contributed by atoms with Crippen LogP contribution in [0.2, 0.25) is 0 Å². The van der Waals surface area contributed by atoms with Gasteiger partial charge in [-0.2, -0.15) is 0 Å². The fourth-order valence-electron chi connectivity index (χ4n) is 3.13. The minimum absolute atomic E-state index is 0.0162. The fraction of sp³-hybridized carbons (Fsp3) is 1.00. The van der Waals surface area contributed by atoms with Gasteiger partial charge in [0.15, 0.2) is 9.84 Å². The lowest BCUT2D eigenvalue weighted by molar-refractivity contribution is -0.0353. The van der Waals surface area contributed by atoms with Gasteiger partial charge < -0.3 is 4.74 Å². The van der Waals surface area contributed by atoms with Crippen molar-refractivity contribution < 1.29 is 13.2 Å². The molecule has 2 bridgehead atoms. The van der Waals surface area contributed by atoms with E-state index in [0.29, 0.717) is 6.42 Å². The first-order valence-electron chi connectivity index (χ1n) is 5.04. The van der Waals surface area contributed by atoms with Crippen LogP contribution in [0.4, 0.5) is 0 Å². The van der Waals surface area contributed by atoms with E-state index in [1.807, 2.05) is 13.8 Å². The molecule has 1 unspecified atom stereocenters. The Bertz CT molecular complexity index is 353. The molecule has 2 aliphatic heterocycles. The number of ether oxygens (including phenoxy) is 1. The minimum atomic E-state index is -3.09. The average Bonchev–Trinajstić information content (AvgIpc) is 2.43. The first kappa shape index (κ1) is 10.5. The van der Waals surface area contributed by atoms with Crippen LogP contribution in [-0.4, -0.2) is 38.4 Å². The van der Waals surface area contributed by atoms with Crippen molar-refractivity contribution in [2.24, 2.45) is 5.92 Å². The third-order valence-corrected chi connectivity index (χ3v) is 6.88. The van der Waals surface area contributed by atoms with Gasteiger partial charge in [-0.1, -0.05) is 13.8 Å². The molecule has 0 amide bonds. The van der Waals surface area contributed by atoms with E-state index in [-0.39, 0.29) is 5.92 Å². The Morgan fingerprint density at radius 3 is 2.36 bits per heavy atom. The highest BCUT2D eigenvalue weighted by molar-refractivity contribution is 7.93. The van der Waals surface area contributed by atoms with Crippen molar-refractivity contribution in [3.05, 3.63) is 0 Å². The Balaban J connectivity index is 2.56. The third-order valence-electron chi connectivity index (χ3n) is 4.06. The molecule has 5 heteroatoms. The maximum atomic E-state index is 12.0. The van der Waals surface area contributed by atoms with Crippen LogP contribution in [0.25, 0.3) is 0 Å². The van der Waals surface area contributed by atoms with E-state index < -0.39 is 31.9 Å². The number of rotatable bonds is 1. The van der Waals surface area contributed by atoms with Crippen LogP contribution in [0.5, 0.6) is 0 Å². The second-order valence-corrected chi connectivity index (χ2v) is 6.81. The van der Waals surface area contributed by atoms with E-state index in [0.717, 1.165) is 0 Å². The molecule has 0 spiro atoms. The Hall–Kier alpha value is -0.0251. The zero-order chi connectivity index (χ0) is 10.7. The molecule has 3 nitrogen and oxygen atoms in total. The zero-order valence-electron chi connectivity index (χ0n) is 8.73. The van der Waals surface area contributed by atoms with Gasteiger partial charge in [-0.25, -0.2) is 8.42 Å². The summed E-state index contributed by atoms with van der Waals surface area (Å²) in [6, 6.07) is -0.633. The molecule has 0 aromatic carbocycles. The first-order valence-corrected chi connectivity index (χ1v) is 6.65. The number of fused-ring (bicyclic) bond motifs is 2. The summed E-state index contributed by atoms with van der Waals surface area (Å²) in [6.45, 7) is 5.63. The van der Waals surface area contributed by atoms with Crippen LogP contribution >= 0.6 is 0 Å². The van der Waals surface area contributed by atoms with Crippen LogP contribution in [0.1, 0.15) is 27.2 Å². The maximum absolute atomic E-state index is 12.0. The molecule has 78 valence electrons. The summed E-state index contributed by atoms with van der Waals surface area (Å²) in [5.74, 6) is 0.0162. The fourth-order valence-corrected chi connectivity index (χ4v) is 5.83. The highest BCUT2D eigenvalue weighted by Crippen LogP contribution is 2.52. The molecular formula is C9H15BO3S. The predicted octanol–water partition coefficient (Wildman–Crippen LogP) is 0.482. The SMILES string of the molecule is [B][C@@H]1O[C@]2(CC)[C@H](C)C1S(=O)(=O)[C@H]2C. The van der Waals surface area contributed by atoms with Crippen LogP contribution in [0, 0.1) is 5.92 Å². The standard InChI is InChI=1S/C9H15BO3S/c1-4-9-5(2)7(8(10)13-9)14(11,12)6(9)3/h5-8H,4H2,1-3H3/t5-,6+,7?,8-,9-/m1/s1. The maximum Gasteiger partial charge on any atom is 0.160 e. The number of sulfone groups is 1. The second kappa shape index (κ2) is 2.76. The van der Waals surface area contributed by atoms with Crippen molar-refractivity contribution in [3.8, 4) is 0 Å². The molecule has 0 aromatic heterocycles. The van der Waals surface area contributed by atoms with Gasteiger partial charge in [0, 0.05) is 11.9 Å². The zero-order valence-corrected chi connectivity index (χ0v) is 9.54. The summed E-state index contributed by atoms with van der Waals surface area (Å²) in [4.78, 5) is 0. The van der Waals surface area contributed by atoms with Gasteiger partial charge in [-0.3, -0.25) is 0 Å².